The molecule has 9 heteroatoms. The molecule has 43 heavy (non-hydrogen) atoms. The zero-order chi connectivity index (χ0) is 29.6. The standard InChI is InChI=1S/C34H38N6O2S/c1-35-34(25-6-4-3-5-7-25)15-17-38(18-16-34)32(41)24-8-10-26(11-9-24)40-31-27-14-23-43-29(27)13-12-28(31)30(36-40)33(42)39-21-19-37(2)20-22-39/h3-11,14,23,35H,12-13,15-22H2,1-2H3. The van der Waals surface area contributed by atoms with Gasteiger partial charge in [0, 0.05) is 66.4 Å². The van der Waals surface area contributed by atoms with Gasteiger partial charge in [0.05, 0.1) is 11.4 Å². The Balaban J connectivity index is 1.14. The van der Waals surface area contributed by atoms with Crippen LogP contribution in [0.15, 0.2) is 66.0 Å². The van der Waals surface area contributed by atoms with Gasteiger partial charge in [-0.1, -0.05) is 30.3 Å². The first kappa shape index (κ1) is 28.0. The molecule has 2 fully saturated rings. The van der Waals surface area contributed by atoms with Crippen molar-refractivity contribution in [2.24, 2.45) is 0 Å². The van der Waals surface area contributed by atoms with E-state index in [1.807, 2.05) is 51.9 Å². The average molecular weight is 595 g/mol. The number of fused-ring (bicyclic) bond motifs is 3. The highest BCUT2D eigenvalue weighted by molar-refractivity contribution is 7.10. The van der Waals surface area contributed by atoms with Crippen molar-refractivity contribution >= 4 is 23.2 Å². The van der Waals surface area contributed by atoms with Crippen LogP contribution in [0, 0.1) is 0 Å². The fourth-order valence-electron chi connectivity index (χ4n) is 6.93. The number of piperidine rings is 1. The zero-order valence-electron chi connectivity index (χ0n) is 24.9. The number of likely N-dealkylation sites (tertiary alicyclic amines) is 1. The molecule has 0 spiro atoms. The maximum atomic E-state index is 13.7. The molecule has 0 atom stereocenters. The van der Waals surface area contributed by atoms with E-state index in [0.717, 1.165) is 74.4 Å². The molecule has 0 radical (unpaired) electrons. The van der Waals surface area contributed by atoms with Crippen LogP contribution in [-0.4, -0.2) is 89.7 Å². The Morgan fingerprint density at radius 2 is 1.53 bits per heavy atom. The highest BCUT2D eigenvalue weighted by Crippen LogP contribution is 2.40. The number of piperazine rings is 1. The maximum Gasteiger partial charge on any atom is 0.274 e. The van der Waals surface area contributed by atoms with Crippen LogP contribution in [-0.2, 0) is 18.4 Å². The second-order valence-electron chi connectivity index (χ2n) is 12.0. The number of carbonyl (C=O) groups excluding carboxylic acids is 2. The molecular weight excluding hydrogens is 556 g/mol. The van der Waals surface area contributed by atoms with Gasteiger partial charge >= 0.3 is 0 Å². The van der Waals surface area contributed by atoms with Crippen molar-refractivity contribution in [3.05, 3.63) is 93.3 Å². The number of rotatable bonds is 5. The Kier molecular flexibility index (Phi) is 7.41. The van der Waals surface area contributed by atoms with E-state index in [1.165, 1.54) is 10.4 Å². The molecule has 4 aromatic rings. The minimum atomic E-state index is -0.110. The van der Waals surface area contributed by atoms with E-state index in [4.69, 9.17) is 5.10 Å². The first-order valence-corrected chi connectivity index (χ1v) is 16.2. The summed E-state index contributed by atoms with van der Waals surface area (Å²) in [7, 11) is 4.11. The number of amides is 2. The lowest BCUT2D eigenvalue weighted by molar-refractivity contribution is 0.0641. The molecule has 8 nitrogen and oxygen atoms in total. The largest absolute Gasteiger partial charge is 0.338 e. The molecule has 7 rings (SSSR count). The van der Waals surface area contributed by atoms with Crippen molar-refractivity contribution in [2.75, 3.05) is 53.4 Å². The first-order valence-electron chi connectivity index (χ1n) is 15.3. The molecule has 3 aliphatic rings. The van der Waals surface area contributed by atoms with Gasteiger partial charge < -0.3 is 20.0 Å². The number of aryl methyl sites for hydroxylation is 1. The maximum absolute atomic E-state index is 13.7. The quantitative estimate of drug-likeness (QED) is 0.370. The minimum Gasteiger partial charge on any atom is -0.338 e. The van der Waals surface area contributed by atoms with Gasteiger partial charge in [0.1, 0.15) is 0 Å². The fourth-order valence-corrected chi connectivity index (χ4v) is 7.81. The smallest absolute Gasteiger partial charge is 0.274 e. The third kappa shape index (κ3) is 4.99. The molecule has 2 amide bonds. The number of carbonyl (C=O) groups is 2. The van der Waals surface area contributed by atoms with Gasteiger partial charge in [0.2, 0.25) is 0 Å². The molecule has 0 bridgehead atoms. The number of nitrogens with one attached hydrogen (secondary N) is 1. The van der Waals surface area contributed by atoms with Crippen LogP contribution < -0.4 is 5.32 Å². The van der Waals surface area contributed by atoms with E-state index in [9.17, 15) is 9.59 Å². The first-order chi connectivity index (χ1) is 21.0. The van der Waals surface area contributed by atoms with Crippen LogP contribution in [0.5, 0.6) is 0 Å². The summed E-state index contributed by atoms with van der Waals surface area (Å²) >= 11 is 1.76. The topological polar surface area (TPSA) is 73.7 Å². The van der Waals surface area contributed by atoms with Crippen LogP contribution in [0.3, 0.4) is 0 Å². The third-order valence-corrected chi connectivity index (χ3v) is 10.6. The normalized spacial score (nSPS) is 18.3. The molecule has 2 saturated heterocycles. The van der Waals surface area contributed by atoms with Gasteiger partial charge in [-0.2, -0.15) is 5.10 Å². The number of benzene rings is 2. The highest BCUT2D eigenvalue weighted by Gasteiger charge is 2.36. The molecule has 2 aliphatic heterocycles. The molecule has 0 unspecified atom stereocenters. The number of hydrogen-bond donors (Lipinski definition) is 1. The van der Waals surface area contributed by atoms with E-state index >= 15 is 0 Å². The predicted octanol–water partition coefficient (Wildman–Crippen LogP) is 4.44. The van der Waals surface area contributed by atoms with E-state index in [2.05, 4.69) is 53.0 Å². The van der Waals surface area contributed by atoms with E-state index < -0.39 is 0 Å². The number of hydrogen-bond acceptors (Lipinski definition) is 6. The summed E-state index contributed by atoms with van der Waals surface area (Å²) in [6.07, 6.45) is 3.46. The SMILES string of the molecule is CNC1(c2ccccc2)CCN(C(=O)c2ccc(-n3nc(C(=O)N4CCN(C)CC4)c4c3-c3ccsc3CC4)cc2)CC1. The Bertz CT molecular complexity index is 1630. The summed E-state index contributed by atoms with van der Waals surface area (Å²) in [5.74, 6) is 0.0738. The van der Waals surface area contributed by atoms with Gasteiger partial charge in [-0.15, -0.1) is 11.3 Å². The van der Waals surface area contributed by atoms with Crippen molar-refractivity contribution in [1.82, 2.24) is 29.8 Å². The molecular formula is C34H38N6O2S. The lowest BCUT2D eigenvalue weighted by Gasteiger charge is -2.42. The number of aromatic nitrogens is 2. The van der Waals surface area contributed by atoms with Crippen LogP contribution in [0.25, 0.3) is 16.9 Å². The summed E-state index contributed by atoms with van der Waals surface area (Å²) < 4.78 is 1.93. The van der Waals surface area contributed by atoms with E-state index in [-0.39, 0.29) is 17.4 Å². The van der Waals surface area contributed by atoms with E-state index in [0.29, 0.717) is 24.3 Å². The second-order valence-corrected chi connectivity index (χ2v) is 13.0. The summed E-state index contributed by atoms with van der Waals surface area (Å²) in [5, 5.41) is 10.6. The lowest BCUT2D eigenvalue weighted by Crippen LogP contribution is -2.51. The van der Waals surface area contributed by atoms with E-state index in [1.54, 1.807) is 11.3 Å². The summed E-state index contributed by atoms with van der Waals surface area (Å²) in [6, 6.07) is 20.4. The number of nitrogens with zero attached hydrogens (tertiary/aromatic N) is 5. The Labute approximate surface area is 256 Å². The molecule has 1 aliphatic carbocycles. The highest BCUT2D eigenvalue weighted by atomic mass is 32.1. The van der Waals surface area contributed by atoms with Crippen LogP contribution in [0.2, 0.25) is 0 Å². The zero-order valence-corrected chi connectivity index (χ0v) is 25.7. The molecule has 1 N–H and O–H groups in total. The Morgan fingerprint density at radius 3 is 2.23 bits per heavy atom. The number of thiophene rings is 1. The van der Waals surface area contributed by atoms with Crippen LogP contribution >= 0.6 is 11.3 Å². The molecule has 4 heterocycles. The van der Waals surface area contributed by atoms with Gasteiger partial charge in [-0.25, -0.2) is 4.68 Å². The van der Waals surface area contributed by atoms with Crippen LogP contribution in [0.1, 0.15) is 49.7 Å². The van der Waals surface area contributed by atoms with Crippen molar-refractivity contribution in [1.29, 1.82) is 0 Å². The van der Waals surface area contributed by atoms with Crippen molar-refractivity contribution < 1.29 is 9.59 Å². The molecule has 222 valence electrons. The minimum absolute atomic E-state index is 0.0202. The average Bonchev–Trinajstić information content (AvgIpc) is 3.70. The monoisotopic (exact) mass is 594 g/mol. The van der Waals surface area contributed by atoms with Crippen molar-refractivity contribution in [3.63, 3.8) is 0 Å². The summed E-state index contributed by atoms with van der Waals surface area (Å²) in [4.78, 5) is 34.8. The lowest BCUT2D eigenvalue weighted by atomic mass is 9.81. The van der Waals surface area contributed by atoms with Crippen LogP contribution in [0.4, 0.5) is 0 Å². The van der Waals surface area contributed by atoms with Gasteiger partial charge in [0.25, 0.3) is 11.8 Å². The second kappa shape index (κ2) is 11.4. The molecule has 2 aromatic heterocycles. The number of likely N-dealkylation sites (N-methyl/N-ethyl adjacent to an activating group) is 1. The molecule has 2 aromatic carbocycles. The fraction of sp³-hybridized carbons (Fsp3) is 0.382. The third-order valence-electron chi connectivity index (χ3n) is 9.65. The van der Waals surface area contributed by atoms with Crippen molar-refractivity contribution in [2.45, 2.75) is 31.2 Å². The summed E-state index contributed by atoms with van der Waals surface area (Å²) in [5.41, 5.74) is 6.48. The van der Waals surface area contributed by atoms with Crippen molar-refractivity contribution in [3.8, 4) is 16.9 Å². The Morgan fingerprint density at radius 1 is 0.837 bits per heavy atom. The Hall–Kier alpha value is -3.79. The van der Waals surface area contributed by atoms with Gasteiger partial charge in [-0.3, -0.25) is 9.59 Å². The van der Waals surface area contributed by atoms with Gasteiger partial charge in [-0.05, 0) is 81.1 Å². The van der Waals surface area contributed by atoms with Gasteiger partial charge in [0.15, 0.2) is 5.69 Å². The summed E-state index contributed by atoms with van der Waals surface area (Å²) in [6.45, 7) is 4.57. The predicted molar refractivity (Wildman–Crippen MR) is 170 cm³/mol. The molecule has 0 saturated carbocycles.